The molecule has 2 heterocycles. The fourth-order valence-electron chi connectivity index (χ4n) is 1.77. The van der Waals surface area contributed by atoms with E-state index >= 15 is 0 Å². The number of carbonyl (C=O) groups excluding carboxylic acids is 1. The number of hydrogen-bond donors (Lipinski definition) is 0. The summed E-state index contributed by atoms with van der Waals surface area (Å²) in [7, 11) is 0. The number of halogens is 1. The molecule has 6 heteroatoms. The van der Waals surface area contributed by atoms with Gasteiger partial charge in [-0.1, -0.05) is 15.9 Å². The van der Waals surface area contributed by atoms with Gasteiger partial charge in [0.2, 0.25) is 0 Å². The molecule has 2 rings (SSSR count). The first-order valence-corrected chi connectivity index (χ1v) is 6.58. The smallest absolute Gasteiger partial charge is 0.257 e. The van der Waals surface area contributed by atoms with Gasteiger partial charge in [-0.15, -0.1) is 0 Å². The van der Waals surface area contributed by atoms with Gasteiger partial charge in [0.1, 0.15) is 6.33 Å². The lowest BCUT2D eigenvalue weighted by Crippen LogP contribution is -2.51. The second-order valence-corrected chi connectivity index (χ2v) is 4.69. The van der Waals surface area contributed by atoms with E-state index in [1.165, 1.54) is 6.33 Å². The third-order valence-corrected chi connectivity index (χ3v) is 3.47. The Bertz CT molecular complexity index is 388. The average Bonchev–Trinajstić information content (AvgIpc) is 2.39. The third kappa shape index (κ3) is 2.81. The summed E-state index contributed by atoms with van der Waals surface area (Å²) in [5.41, 5.74) is 0.523. The fourth-order valence-corrected chi connectivity index (χ4v) is 2.16. The molecule has 1 aromatic rings. The van der Waals surface area contributed by atoms with Crippen LogP contribution < -0.4 is 0 Å². The van der Waals surface area contributed by atoms with Gasteiger partial charge < -0.3 is 9.64 Å². The van der Waals surface area contributed by atoms with Gasteiger partial charge >= 0.3 is 0 Å². The normalized spacial score (nSPS) is 24.7. The first-order chi connectivity index (χ1) is 8.22. The summed E-state index contributed by atoms with van der Waals surface area (Å²) in [5.74, 6) is -0.0349. The molecule has 0 bridgehead atoms. The third-order valence-electron chi connectivity index (χ3n) is 2.75. The molecule has 92 valence electrons. The van der Waals surface area contributed by atoms with Crippen LogP contribution in [-0.4, -0.2) is 51.4 Å². The highest BCUT2D eigenvalue weighted by molar-refractivity contribution is 9.09. The molecule has 1 aliphatic rings. The summed E-state index contributed by atoms with van der Waals surface area (Å²) >= 11 is 3.38. The molecule has 1 aromatic heterocycles. The second kappa shape index (κ2) is 5.55. The Morgan fingerprint density at radius 1 is 1.59 bits per heavy atom. The first kappa shape index (κ1) is 12.4. The molecule has 1 amide bonds. The molecule has 5 nitrogen and oxygen atoms in total. The maximum atomic E-state index is 12.2. The van der Waals surface area contributed by atoms with Crippen LogP contribution >= 0.6 is 15.9 Å². The van der Waals surface area contributed by atoms with Crippen molar-refractivity contribution in [2.45, 2.75) is 19.1 Å². The summed E-state index contributed by atoms with van der Waals surface area (Å²) < 4.78 is 5.58. The summed E-state index contributed by atoms with van der Waals surface area (Å²) in [4.78, 5) is 21.8. The molecule has 2 unspecified atom stereocenters. The zero-order valence-electron chi connectivity index (χ0n) is 9.54. The Kier molecular flexibility index (Phi) is 4.06. The topological polar surface area (TPSA) is 55.3 Å². The van der Waals surface area contributed by atoms with E-state index in [0.29, 0.717) is 18.7 Å². The number of alkyl halides is 1. The molecule has 17 heavy (non-hydrogen) atoms. The van der Waals surface area contributed by atoms with Gasteiger partial charge in [-0.3, -0.25) is 4.79 Å². The van der Waals surface area contributed by atoms with Crippen LogP contribution in [-0.2, 0) is 4.74 Å². The zero-order chi connectivity index (χ0) is 12.3. The van der Waals surface area contributed by atoms with Gasteiger partial charge in [0.15, 0.2) is 0 Å². The van der Waals surface area contributed by atoms with Crippen LogP contribution in [0.3, 0.4) is 0 Å². The number of aromatic nitrogens is 2. The predicted molar refractivity (Wildman–Crippen MR) is 66.1 cm³/mol. The van der Waals surface area contributed by atoms with Crippen LogP contribution in [0.4, 0.5) is 0 Å². The largest absolute Gasteiger partial charge is 0.373 e. The van der Waals surface area contributed by atoms with Gasteiger partial charge in [-0.2, -0.15) is 0 Å². The van der Waals surface area contributed by atoms with E-state index in [0.717, 1.165) is 5.33 Å². The van der Waals surface area contributed by atoms with E-state index in [9.17, 15) is 4.79 Å². The lowest BCUT2D eigenvalue weighted by molar-refractivity contribution is -0.0361. The van der Waals surface area contributed by atoms with Crippen molar-refractivity contribution in [3.05, 3.63) is 24.3 Å². The van der Waals surface area contributed by atoms with Crippen LogP contribution in [0.25, 0.3) is 0 Å². The Balaban J connectivity index is 2.12. The van der Waals surface area contributed by atoms with Crippen LogP contribution in [0.15, 0.2) is 18.7 Å². The first-order valence-electron chi connectivity index (χ1n) is 5.46. The van der Waals surface area contributed by atoms with Gasteiger partial charge in [-0.05, 0) is 6.92 Å². The number of amides is 1. The monoisotopic (exact) mass is 299 g/mol. The molecular formula is C11H14BrN3O2. The van der Waals surface area contributed by atoms with Crippen molar-refractivity contribution in [2.75, 3.05) is 18.5 Å². The number of morpholine rings is 1. The van der Waals surface area contributed by atoms with Gasteiger partial charge in [0, 0.05) is 24.3 Å². The molecule has 0 aromatic carbocycles. The molecule has 0 spiro atoms. The number of carbonyl (C=O) groups is 1. The number of nitrogens with zero attached hydrogens (tertiary/aromatic N) is 3. The Morgan fingerprint density at radius 2 is 2.29 bits per heavy atom. The Hall–Kier alpha value is -1.01. The molecule has 1 saturated heterocycles. The second-order valence-electron chi connectivity index (χ2n) is 4.04. The van der Waals surface area contributed by atoms with Crippen molar-refractivity contribution in [1.29, 1.82) is 0 Å². The maximum absolute atomic E-state index is 12.2. The predicted octanol–water partition coefficient (Wildman–Crippen LogP) is 1.10. The molecule has 0 saturated carbocycles. The van der Waals surface area contributed by atoms with Crippen LogP contribution in [0.5, 0.6) is 0 Å². The minimum absolute atomic E-state index is 0.0349. The maximum Gasteiger partial charge on any atom is 0.257 e. The van der Waals surface area contributed by atoms with E-state index in [4.69, 9.17) is 4.74 Å². The summed E-state index contributed by atoms with van der Waals surface area (Å²) in [6.07, 6.45) is 4.56. The summed E-state index contributed by atoms with van der Waals surface area (Å²) in [6, 6.07) is 0.0815. The van der Waals surface area contributed by atoms with E-state index in [-0.39, 0.29) is 18.1 Å². The Morgan fingerprint density at radius 3 is 2.94 bits per heavy atom. The van der Waals surface area contributed by atoms with Crippen molar-refractivity contribution >= 4 is 21.8 Å². The zero-order valence-corrected chi connectivity index (χ0v) is 11.1. The fraction of sp³-hybridized carbons (Fsp3) is 0.545. The van der Waals surface area contributed by atoms with E-state index in [1.807, 2.05) is 11.8 Å². The molecule has 2 atom stereocenters. The van der Waals surface area contributed by atoms with Crippen molar-refractivity contribution in [2.24, 2.45) is 0 Å². The lowest BCUT2D eigenvalue weighted by Gasteiger charge is -2.37. The lowest BCUT2D eigenvalue weighted by atomic mass is 10.1. The Labute approximate surface area is 108 Å². The van der Waals surface area contributed by atoms with Crippen LogP contribution in [0.1, 0.15) is 17.3 Å². The van der Waals surface area contributed by atoms with Crippen LogP contribution in [0, 0.1) is 0 Å². The number of rotatable bonds is 2. The van der Waals surface area contributed by atoms with Crippen molar-refractivity contribution < 1.29 is 9.53 Å². The standard InChI is InChI=1S/C11H14BrN3O2/c1-8-6-17-10(2-12)5-15(8)11(16)9-3-13-7-14-4-9/h3-4,7-8,10H,2,5-6H2,1H3. The highest BCUT2D eigenvalue weighted by atomic mass is 79.9. The highest BCUT2D eigenvalue weighted by Crippen LogP contribution is 2.16. The molecule has 0 aliphatic carbocycles. The average molecular weight is 300 g/mol. The summed E-state index contributed by atoms with van der Waals surface area (Å²) in [6.45, 7) is 3.14. The van der Waals surface area contributed by atoms with Gasteiger partial charge in [-0.25, -0.2) is 9.97 Å². The minimum Gasteiger partial charge on any atom is -0.373 e. The van der Waals surface area contributed by atoms with Crippen molar-refractivity contribution in [1.82, 2.24) is 14.9 Å². The molecule has 1 fully saturated rings. The van der Waals surface area contributed by atoms with Crippen LogP contribution in [0.2, 0.25) is 0 Å². The minimum atomic E-state index is -0.0349. The quantitative estimate of drug-likeness (QED) is 0.768. The highest BCUT2D eigenvalue weighted by Gasteiger charge is 2.29. The molecule has 1 aliphatic heterocycles. The van der Waals surface area contributed by atoms with Crippen molar-refractivity contribution in [3.8, 4) is 0 Å². The SMILES string of the molecule is CC1COC(CBr)CN1C(=O)c1cncnc1. The van der Waals surface area contributed by atoms with Crippen molar-refractivity contribution in [3.63, 3.8) is 0 Å². The van der Waals surface area contributed by atoms with E-state index in [1.54, 1.807) is 12.4 Å². The number of hydrogen-bond acceptors (Lipinski definition) is 4. The molecule has 0 radical (unpaired) electrons. The summed E-state index contributed by atoms with van der Waals surface area (Å²) in [5, 5.41) is 0.731. The number of ether oxygens (including phenoxy) is 1. The molecule has 0 N–H and O–H groups in total. The van der Waals surface area contributed by atoms with E-state index < -0.39 is 0 Å². The van der Waals surface area contributed by atoms with Gasteiger partial charge in [0.25, 0.3) is 5.91 Å². The molecular weight excluding hydrogens is 286 g/mol. The van der Waals surface area contributed by atoms with Gasteiger partial charge in [0.05, 0.1) is 24.3 Å². The van der Waals surface area contributed by atoms with E-state index in [2.05, 4.69) is 25.9 Å².